The first-order valence-corrected chi connectivity index (χ1v) is 22.4. The lowest BCUT2D eigenvalue weighted by atomic mass is 10.0. The van der Waals surface area contributed by atoms with Gasteiger partial charge in [0.2, 0.25) is 17.7 Å². The second kappa shape index (κ2) is 37.0. The maximum Gasteiger partial charge on any atom is 0.329 e. The Hall–Kier alpha value is -2.85. The van der Waals surface area contributed by atoms with Crippen LogP contribution in [0.2, 0.25) is 0 Å². The molecule has 15 nitrogen and oxygen atoms in total. The Balaban J connectivity index is 3.98. The van der Waals surface area contributed by atoms with Gasteiger partial charge >= 0.3 is 11.9 Å². The van der Waals surface area contributed by atoms with Gasteiger partial charge in [0.05, 0.1) is 52.9 Å². The summed E-state index contributed by atoms with van der Waals surface area (Å²) in [4.78, 5) is 61.7. The van der Waals surface area contributed by atoms with Crippen LogP contribution in [-0.2, 0) is 52.4 Å². The summed E-state index contributed by atoms with van der Waals surface area (Å²) in [6.07, 6.45) is 17.0. The molecular formula is C44H84N4O11. The molecule has 0 rings (SSSR count). The molecule has 0 aromatic carbocycles. The predicted molar refractivity (Wildman–Crippen MR) is 230 cm³/mol. The van der Waals surface area contributed by atoms with Crippen molar-refractivity contribution in [2.75, 3.05) is 72.5 Å². The highest BCUT2D eigenvalue weighted by Crippen LogP contribution is 2.16. The lowest BCUT2D eigenvalue weighted by molar-refractivity contribution is -0.159. The van der Waals surface area contributed by atoms with E-state index in [4.69, 9.17) is 34.2 Å². The number of esters is 2. The Bertz CT molecular complexity index is 1100. The molecule has 0 fully saturated rings. The average Bonchev–Trinajstić information content (AvgIpc) is 3.15. The molecule has 0 aliphatic heterocycles. The summed E-state index contributed by atoms with van der Waals surface area (Å²) in [5, 5.41) is 8.33. The van der Waals surface area contributed by atoms with Crippen LogP contribution >= 0.6 is 0 Å². The van der Waals surface area contributed by atoms with E-state index in [-0.39, 0.29) is 62.7 Å². The molecule has 0 aliphatic rings. The van der Waals surface area contributed by atoms with E-state index < -0.39 is 23.2 Å². The minimum absolute atomic E-state index is 0.0437. The van der Waals surface area contributed by atoms with E-state index in [1.807, 2.05) is 20.8 Å². The van der Waals surface area contributed by atoms with Gasteiger partial charge in [-0.25, -0.2) is 4.79 Å². The summed E-state index contributed by atoms with van der Waals surface area (Å²) in [7, 11) is 0. The van der Waals surface area contributed by atoms with Crippen molar-refractivity contribution in [3.8, 4) is 0 Å². The quantitative estimate of drug-likeness (QED) is 0.0427. The summed E-state index contributed by atoms with van der Waals surface area (Å²) in [5.74, 6) is -1.25. The Morgan fingerprint density at radius 2 is 0.864 bits per heavy atom. The van der Waals surface area contributed by atoms with Crippen LogP contribution in [0.3, 0.4) is 0 Å². The van der Waals surface area contributed by atoms with E-state index in [1.54, 1.807) is 20.8 Å². The fraction of sp³-hybridized carbons (Fsp3) is 0.886. The molecule has 15 heteroatoms. The first-order chi connectivity index (χ1) is 28.1. The lowest BCUT2D eigenvalue weighted by Gasteiger charge is -2.24. The summed E-state index contributed by atoms with van der Waals surface area (Å²) < 4.78 is 32.4. The zero-order chi connectivity index (χ0) is 44.0. The SMILES string of the molecule is CC(C)(C)OC(=O)CCCCCCCCCCCCCCCCC(=O)N[C@H](CCC(=O)NCCOCCOCCC(=O)NCCOCCOCCN)C(=O)OC(C)(C)C. The molecule has 0 unspecified atom stereocenters. The Morgan fingerprint density at radius 3 is 1.32 bits per heavy atom. The van der Waals surface area contributed by atoms with Crippen LogP contribution in [0.4, 0.5) is 0 Å². The van der Waals surface area contributed by atoms with Gasteiger partial charge in [-0.05, 0) is 60.8 Å². The molecule has 0 aliphatic carbocycles. The molecular weight excluding hydrogens is 761 g/mol. The number of hydrogen-bond acceptors (Lipinski definition) is 12. The smallest absolute Gasteiger partial charge is 0.329 e. The second-order valence-electron chi connectivity index (χ2n) is 16.9. The summed E-state index contributed by atoms with van der Waals surface area (Å²) >= 11 is 0. The van der Waals surface area contributed by atoms with E-state index in [0.717, 1.165) is 38.5 Å². The van der Waals surface area contributed by atoms with Crippen molar-refractivity contribution in [1.82, 2.24) is 16.0 Å². The largest absolute Gasteiger partial charge is 0.460 e. The number of nitrogens with two attached hydrogens (primary N) is 1. The van der Waals surface area contributed by atoms with Gasteiger partial charge < -0.3 is 50.1 Å². The maximum atomic E-state index is 12.9. The van der Waals surface area contributed by atoms with Crippen molar-refractivity contribution in [3.63, 3.8) is 0 Å². The van der Waals surface area contributed by atoms with Crippen molar-refractivity contribution in [1.29, 1.82) is 0 Å². The molecule has 0 spiro atoms. The van der Waals surface area contributed by atoms with Crippen molar-refractivity contribution in [2.45, 2.75) is 181 Å². The monoisotopic (exact) mass is 845 g/mol. The molecule has 59 heavy (non-hydrogen) atoms. The zero-order valence-electron chi connectivity index (χ0n) is 37.9. The topological polar surface area (TPSA) is 203 Å². The third-order valence-corrected chi connectivity index (χ3v) is 8.76. The molecule has 3 amide bonds. The van der Waals surface area contributed by atoms with E-state index in [2.05, 4.69) is 16.0 Å². The van der Waals surface area contributed by atoms with Crippen LogP contribution in [0.1, 0.15) is 164 Å². The molecule has 0 radical (unpaired) electrons. The van der Waals surface area contributed by atoms with Crippen molar-refractivity contribution < 1.29 is 52.4 Å². The van der Waals surface area contributed by atoms with Crippen LogP contribution in [0.25, 0.3) is 0 Å². The fourth-order valence-electron chi connectivity index (χ4n) is 5.83. The van der Waals surface area contributed by atoms with Gasteiger partial charge in [-0.2, -0.15) is 0 Å². The first-order valence-electron chi connectivity index (χ1n) is 22.4. The van der Waals surface area contributed by atoms with E-state index in [1.165, 1.54) is 51.4 Å². The number of nitrogens with one attached hydrogen (secondary N) is 3. The standard InChI is InChI=1S/C44H84N4O11/c1-43(2,3)58-41(52)22-20-18-16-14-12-10-8-7-9-11-13-15-17-19-21-40(51)48-37(42(53)59-44(4,5)6)23-24-38(49)46-27-31-56-35-33-54-29-25-39(50)47-28-32-57-36-34-55-30-26-45/h37H,7-36,45H2,1-6H3,(H,46,49)(H,47,50)(H,48,51)/t37-/m1/s1. The van der Waals surface area contributed by atoms with Gasteiger partial charge in [0.1, 0.15) is 17.2 Å². The molecule has 5 N–H and O–H groups in total. The highest BCUT2D eigenvalue weighted by molar-refractivity contribution is 5.85. The highest BCUT2D eigenvalue weighted by Gasteiger charge is 2.27. The van der Waals surface area contributed by atoms with E-state index >= 15 is 0 Å². The number of carbonyl (C=O) groups excluding carboxylic acids is 5. The van der Waals surface area contributed by atoms with Gasteiger partial charge in [0, 0.05) is 45.3 Å². The highest BCUT2D eigenvalue weighted by atomic mass is 16.6. The molecule has 0 aromatic heterocycles. The van der Waals surface area contributed by atoms with Gasteiger partial charge in [0.15, 0.2) is 0 Å². The first kappa shape index (κ1) is 56.1. The number of amides is 3. The normalized spacial score (nSPS) is 12.2. The van der Waals surface area contributed by atoms with Crippen LogP contribution in [0, 0.1) is 0 Å². The minimum Gasteiger partial charge on any atom is -0.460 e. The van der Waals surface area contributed by atoms with Crippen molar-refractivity contribution >= 4 is 29.7 Å². The molecule has 0 saturated heterocycles. The van der Waals surface area contributed by atoms with Crippen molar-refractivity contribution in [2.24, 2.45) is 5.73 Å². The summed E-state index contributed by atoms with van der Waals surface area (Å²) in [6.45, 7) is 15.2. The second-order valence-corrected chi connectivity index (χ2v) is 16.9. The number of carbonyl (C=O) groups is 5. The van der Waals surface area contributed by atoms with Crippen LogP contribution in [0.15, 0.2) is 0 Å². The van der Waals surface area contributed by atoms with E-state index in [0.29, 0.717) is 65.6 Å². The van der Waals surface area contributed by atoms with Gasteiger partial charge in [-0.3, -0.25) is 19.2 Å². The fourth-order valence-corrected chi connectivity index (χ4v) is 5.83. The third kappa shape index (κ3) is 41.7. The zero-order valence-corrected chi connectivity index (χ0v) is 37.9. The predicted octanol–water partition coefficient (Wildman–Crippen LogP) is 5.82. The number of rotatable bonds is 39. The third-order valence-electron chi connectivity index (χ3n) is 8.76. The van der Waals surface area contributed by atoms with Gasteiger partial charge in [-0.1, -0.05) is 77.0 Å². The molecule has 1 atom stereocenters. The number of unbranched alkanes of at least 4 members (excludes halogenated alkanes) is 13. The van der Waals surface area contributed by atoms with Crippen LogP contribution in [-0.4, -0.2) is 119 Å². The van der Waals surface area contributed by atoms with Crippen LogP contribution < -0.4 is 21.7 Å². The Kier molecular flexibility index (Phi) is 35.2. The molecule has 0 aromatic rings. The molecule has 346 valence electrons. The minimum atomic E-state index is -0.910. The Labute approximate surface area is 356 Å². The van der Waals surface area contributed by atoms with Gasteiger partial charge in [0.25, 0.3) is 0 Å². The molecule has 0 saturated carbocycles. The lowest BCUT2D eigenvalue weighted by Crippen LogP contribution is -2.44. The molecule has 0 heterocycles. The Morgan fingerprint density at radius 1 is 0.458 bits per heavy atom. The average molecular weight is 845 g/mol. The summed E-state index contributed by atoms with van der Waals surface area (Å²) in [6, 6.07) is -0.910. The maximum absolute atomic E-state index is 12.9. The van der Waals surface area contributed by atoms with Crippen LogP contribution in [0.5, 0.6) is 0 Å². The van der Waals surface area contributed by atoms with E-state index in [9.17, 15) is 24.0 Å². The summed E-state index contributed by atoms with van der Waals surface area (Å²) in [5.41, 5.74) is 4.21. The number of ether oxygens (including phenoxy) is 6. The molecule has 0 bridgehead atoms. The van der Waals surface area contributed by atoms with Crippen molar-refractivity contribution in [3.05, 3.63) is 0 Å². The van der Waals surface area contributed by atoms with Gasteiger partial charge in [-0.15, -0.1) is 0 Å². The number of hydrogen-bond donors (Lipinski definition) is 4.